The molecule has 0 spiro atoms. The standard InChI is InChI=1S/C13H16F2N2O3/c14-12(15)20-10-3-1-2-9(6-10)11(18)17-8-13(19)4-5-16-7-13/h1-3,6,12,16,19H,4-5,7-8H2,(H,17,18)/t13-/m1/s1. The quantitative estimate of drug-likeness (QED) is 0.747. The highest BCUT2D eigenvalue weighted by molar-refractivity contribution is 5.94. The van der Waals surface area contributed by atoms with Crippen molar-refractivity contribution in [2.45, 2.75) is 18.6 Å². The van der Waals surface area contributed by atoms with Crippen LogP contribution in [0.1, 0.15) is 16.8 Å². The van der Waals surface area contributed by atoms with Crippen LogP contribution in [0.2, 0.25) is 0 Å². The number of ether oxygens (including phenoxy) is 1. The van der Waals surface area contributed by atoms with Gasteiger partial charge < -0.3 is 20.5 Å². The first-order valence-corrected chi connectivity index (χ1v) is 6.25. The van der Waals surface area contributed by atoms with Crippen LogP contribution in [0.5, 0.6) is 5.75 Å². The maximum Gasteiger partial charge on any atom is 0.387 e. The summed E-state index contributed by atoms with van der Waals surface area (Å²) in [4.78, 5) is 11.9. The first-order valence-electron chi connectivity index (χ1n) is 6.25. The second-order valence-corrected chi connectivity index (χ2v) is 4.74. The smallest absolute Gasteiger partial charge is 0.387 e. The summed E-state index contributed by atoms with van der Waals surface area (Å²) in [6, 6.07) is 5.53. The van der Waals surface area contributed by atoms with Gasteiger partial charge in [-0.2, -0.15) is 8.78 Å². The maximum atomic E-state index is 12.1. The van der Waals surface area contributed by atoms with Gasteiger partial charge in [0.05, 0.1) is 5.60 Å². The van der Waals surface area contributed by atoms with Crippen molar-refractivity contribution < 1.29 is 23.4 Å². The van der Waals surface area contributed by atoms with Crippen molar-refractivity contribution >= 4 is 5.91 Å². The molecule has 0 aromatic heterocycles. The number of β-amino-alcohol motifs (C(OH)–C–C–N with tert-alkyl or cyclic N) is 1. The van der Waals surface area contributed by atoms with E-state index in [1.807, 2.05) is 0 Å². The third-order valence-electron chi connectivity index (χ3n) is 3.12. The van der Waals surface area contributed by atoms with Crippen LogP contribution in [0.15, 0.2) is 24.3 Å². The van der Waals surface area contributed by atoms with E-state index in [0.717, 1.165) is 0 Å². The fourth-order valence-corrected chi connectivity index (χ4v) is 2.04. The van der Waals surface area contributed by atoms with Gasteiger partial charge in [0.15, 0.2) is 0 Å². The fraction of sp³-hybridized carbons (Fsp3) is 0.462. The second kappa shape index (κ2) is 6.15. The summed E-state index contributed by atoms with van der Waals surface area (Å²) in [5.74, 6) is -0.515. The third-order valence-corrected chi connectivity index (χ3v) is 3.12. The second-order valence-electron chi connectivity index (χ2n) is 4.74. The van der Waals surface area contributed by atoms with E-state index in [1.54, 1.807) is 0 Å². The third kappa shape index (κ3) is 3.88. The number of benzene rings is 1. The Bertz CT molecular complexity index is 476. The Morgan fingerprint density at radius 2 is 2.35 bits per heavy atom. The molecule has 5 nitrogen and oxygen atoms in total. The Morgan fingerprint density at radius 1 is 1.55 bits per heavy atom. The molecule has 0 unspecified atom stereocenters. The Labute approximate surface area is 114 Å². The number of rotatable bonds is 5. The van der Waals surface area contributed by atoms with Gasteiger partial charge >= 0.3 is 6.61 Å². The van der Waals surface area contributed by atoms with Crippen LogP contribution >= 0.6 is 0 Å². The predicted octanol–water partition coefficient (Wildman–Crippen LogP) is 0.742. The minimum Gasteiger partial charge on any atom is -0.435 e. The van der Waals surface area contributed by atoms with Gasteiger partial charge in [-0.3, -0.25) is 4.79 Å². The average molecular weight is 286 g/mol. The molecular weight excluding hydrogens is 270 g/mol. The highest BCUT2D eigenvalue weighted by atomic mass is 19.3. The molecule has 0 saturated carbocycles. The van der Waals surface area contributed by atoms with Gasteiger partial charge in [0.25, 0.3) is 5.91 Å². The zero-order chi connectivity index (χ0) is 14.6. The molecule has 1 atom stereocenters. The van der Waals surface area contributed by atoms with Gasteiger partial charge in [-0.05, 0) is 31.2 Å². The Morgan fingerprint density at radius 3 is 3.00 bits per heavy atom. The molecule has 1 aliphatic rings. The summed E-state index contributed by atoms with van der Waals surface area (Å²) in [5.41, 5.74) is -0.745. The Balaban J connectivity index is 1.95. The van der Waals surface area contributed by atoms with Crippen LogP contribution in [0.3, 0.4) is 0 Å². The van der Waals surface area contributed by atoms with Crippen LogP contribution in [0.25, 0.3) is 0 Å². The monoisotopic (exact) mass is 286 g/mol. The minimum atomic E-state index is -2.93. The summed E-state index contributed by atoms with van der Waals surface area (Å²) >= 11 is 0. The Hall–Kier alpha value is -1.73. The lowest BCUT2D eigenvalue weighted by atomic mass is 10.0. The number of hydrogen-bond acceptors (Lipinski definition) is 4. The lowest BCUT2D eigenvalue weighted by Crippen LogP contribution is -2.44. The van der Waals surface area contributed by atoms with E-state index in [1.165, 1.54) is 24.3 Å². The normalized spacial score (nSPS) is 22.0. The van der Waals surface area contributed by atoms with Gasteiger partial charge in [0.2, 0.25) is 0 Å². The van der Waals surface area contributed by atoms with Crippen molar-refractivity contribution in [2.75, 3.05) is 19.6 Å². The summed E-state index contributed by atoms with van der Waals surface area (Å²) < 4.78 is 28.4. The number of carbonyl (C=O) groups is 1. The van der Waals surface area contributed by atoms with E-state index in [9.17, 15) is 18.7 Å². The lowest BCUT2D eigenvalue weighted by Gasteiger charge is -2.21. The average Bonchev–Trinajstić information content (AvgIpc) is 2.83. The van der Waals surface area contributed by atoms with E-state index >= 15 is 0 Å². The maximum absolute atomic E-state index is 12.1. The highest BCUT2D eigenvalue weighted by Gasteiger charge is 2.31. The molecule has 110 valence electrons. The van der Waals surface area contributed by atoms with Crippen LogP contribution in [0.4, 0.5) is 8.78 Å². The van der Waals surface area contributed by atoms with Crippen LogP contribution in [-0.4, -0.2) is 42.9 Å². The first-order chi connectivity index (χ1) is 9.48. The number of nitrogens with one attached hydrogen (secondary N) is 2. The van der Waals surface area contributed by atoms with Crippen molar-refractivity contribution in [3.63, 3.8) is 0 Å². The predicted molar refractivity (Wildman–Crippen MR) is 67.8 cm³/mol. The van der Waals surface area contributed by atoms with Crippen LogP contribution in [-0.2, 0) is 0 Å². The molecule has 3 N–H and O–H groups in total. The van der Waals surface area contributed by atoms with Gasteiger partial charge in [0, 0.05) is 18.7 Å². The summed E-state index contributed by atoms with van der Waals surface area (Å²) in [6.07, 6.45) is 0.557. The molecule has 2 rings (SSSR count). The van der Waals surface area contributed by atoms with Crippen molar-refractivity contribution in [3.8, 4) is 5.75 Å². The van der Waals surface area contributed by atoms with Crippen molar-refractivity contribution in [1.82, 2.24) is 10.6 Å². The number of carbonyl (C=O) groups excluding carboxylic acids is 1. The van der Waals surface area contributed by atoms with Crippen molar-refractivity contribution in [3.05, 3.63) is 29.8 Å². The zero-order valence-corrected chi connectivity index (χ0v) is 10.7. The molecule has 1 fully saturated rings. The summed E-state index contributed by atoms with van der Waals surface area (Å²) in [6.45, 7) is -1.71. The summed E-state index contributed by atoms with van der Waals surface area (Å²) in [7, 11) is 0. The van der Waals surface area contributed by atoms with E-state index in [2.05, 4.69) is 15.4 Å². The molecule has 1 heterocycles. The number of alkyl halides is 2. The molecule has 1 amide bonds. The van der Waals surface area contributed by atoms with E-state index in [0.29, 0.717) is 19.5 Å². The van der Waals surface area contributed by atoms with Crippen molar-refractivity contribution in [1.29, 1.82) is 0 Å². The SMILES string of the molecule is O=C(NC[C@@]1(O)CCNC1)c1cccc(OC(F)F)c1. The molecule has 1 saturated heterocycles. The van der Waals surface area contributed by atoms with Crippen LogP contribution < -0.4 is 15.4 Å². The molecule has 0 radical (unpaired) electrons. The van der Waals surface area contributed by atoms with Gasteiger partial charge in [-0.15, -0.1) is 0 Å². The molecule has 20 heavy (non-hydrogen) atoms. The number of hydrogen-bond donors (Lipinski definition) is 3. The summed E-state index contributed by atoms with van der Waals surface area (Å²) in [5, 5.41) is 15.7. The number of aliphatic hydroxyl groups is 1. The van der Waals surface area contributed by atoms with E-state index in [-0.39, 0.29) is 17.9 Å². The number of halogens is 2. The molecule has 0 aliphatic carbocycles. The van der Waals surface area contributed by atoms with Crippen molar-refractivity contribution in [2.24, 2.45) is 0 Å². The molecule has 1 aromatic carbocycles. The minimum absolute atomic E-state index is 0.0751. The van der Waals surface area contributed by atoms with E-state index in [4.69, 9.17) is 0 Å². The molecule has 7 heteroatoms. The fourth-order valence-electron chi connectivity index (χ4n) is 2.04. The van der Waals surface area contributed by atoms with E-state index < -0.39 is 18.1 Å². The lowest BCUT2D eigenvalue weighted by molar-refractivity contribution is -0.0498. The van der Waals surface area contributed by atoms with Gasteiger partial charge in [-0.1, -0.05) is 6.07 Å². The topological polar surface area (TPSA) is 70.6 Å². The zero-order valence-electron chi connectivity index (χ0n) is 10.7. The van der Waals surface area contributed by atoms with Gasteiger partial charge in [-0.25, -0.2) is 0 Å². The molecule has 1 aromatic rings. The molecule has 1 aliphatic heterocycles. The molecular formula is C13H16F2N2O3. The first kappa shape index (κ1) is 14.7. The van der Waals surface area contributed by atoms with Crippen LogP contribution in [0, 0.1) is 0 Å². The molecule has 0 bridgehead atoms. The largest absolute Gasteiger partial charge is 0.435 e. The highest BCUT2D eigenvalue weighted by Crippen LogP contribution is 2.17. The Kier molecular flexibility index (Phi) is 4.51. The van der Waals surface area contributed by atoms with Gasteiger partial charge in [0.1, 0.15) is 5.75 Å². The number of amides is 1.